The SMILES string of the molecule is CC(C)CCOc1ccc(C(=O)NC(=S)Nc2cccc(C(=O)Nc3ccc(F)c(Cl)c3)c2)cc1. The Hall–Kier alpha value is -3.49. The van der Waals surface area contributed by atoms with Crippen molar-refractivity contribution in [3.63, 3.8) is 0 Å². The average Bonchev–Trinajstić information content (AvgIpc) is 2.81. The highest BCUT2D eigenvalue weighted by Crippen LogP contribution is 2.20. The van der Waals surface area contributed by atoms with Crippen molar-refractivity contribution < 1.29 is 18.7 Å². The quantitative estimate of drug-likeness (QED) is 0.309. The number of carbonyl (C=O) groups is 2. The number of carbonyl (C=O) groups excluding carboxylic acids is 2. The van der Waals surface area contributed by atoms with Crippen molar-refractivity contribution in [2.75, 3.05) is 17.2 Å². The Kier molecular flexibility index (Phi) is 9.17. The molecule has 6 nitrogen and oxygen atoms in total. The summed E-state index contributed by atoms with van der Waals surface area (Å²) in [5.41, 5.74) is 1.63. The predicted molar refractivity (Wildman–Crippen MR) is 141 cm³/mol. The fraction of sp³-hybridized carbons (Fsp3) is 0.192. The molecule has 0 aliphatic heterocycles. The maximum absolute atomic E-state index is 13.3. The lowest BCUT2D eigenvalue weighted by Gasteiger charge is -2.12. The number of rotatable bonds is 8. The highest BCUT2D eigenvalue weighted by Gasteiger charge is 2.11. The van der Waals surface area contributed by atoms with Gasteiger partial charge >= 0.3 is 0 Å². The van der Waals surface area contributed by atoms with Crippen LogP contribution in [0.2, 0.25) is 5.02 Å². The highest BCUT2D eigenvalue weighted by molar-refractivity contribution is 7.80. The number of anilines is 2. The Balaban J connectivity index is 1.55. The number of hydrogen-bond acceptors (Lipinski definition) is 4. The molecule has 0 saturated heterocycles. The molecule has 3 N–H and O–H groups in total. The smallest absolute Gasteiger partial charge is 0.257 e. The van der Waals surface area contributed by atoms with Crippen LogP contribution in [0.3, 0.4) is 0 Å². The molecular formula is C26H25ClFN3O3S. The summed E-state index contributed by atoms with van der Waals surface area (Å²) in [6, 6.07) is 17.3. The van der Waals surface area contributed by atoms with Crippen molar-refractivity contribution in [1.29, 1.82) is 0 Å². The van der Waals surface area contributed by atoms with Crippen molar-refractivity contribution in [2.45, 2.75) is 20.3 Å². The average molecular weight is 514 g/mol. The van der Waals surface area contributed by atoms with Crippen LogP contribution in [0.4, 0.5) is 15.8 Å². The molecule has 182 valence electrons. The summed E-state index contributed by atoms with van der Waals surface area (Å²) in [5.74, 6) is -0.115. The van der Waals surface area contributed by atoms with Gasteiger partial charge in [0.1, 0.15) is 11.6 Å². The van der Waals surface area contributed by atoms with Crippen LogP contribution in [0.1, 0.15) is 41.0 Å². The lowest BCUT2D eigenvalue weighted by atomic mass is 10.1. The first kappa shape index (κ1) is 26.1. The van der Waals surface area contributed by atoms with E-state index in [4.69, 9.17) is 28.6 Å². The van der Waals surface area contributed by atoms with Gasteiger partial charge in [0, 0.05) is 22.5 Å². The zero-order valence-corrected chi connectivity index (χ0v) is 20.8. The number of ether oxygens (including phenoxy) is 1. The van der Waals surface area contributed by atoms with Crippen molar-refractivity contribution in [2.24, 2.45) is 5.92 Å². The largest absolute Gasteiger partial charge is 0.494 e. The van der Waals surface area contributed by atoms with E-state index in [0.29, 0.717) is 40.8 Å². The standard InChI is InChI=1S/C26H25ClFN3O3S/c1-16(2)12-13-34-21-9-6-17(7-10-21)24(32)31-26(35)30-19-5-3-4-18(14-19)25(33)29-20-8-11-23(28)22(27)15-20/h3-11,14-16H,12-13H2,1-2H3,(H,29,33)(H2,30,31,32,35). The first-order valence-electron chi connectivity index (χ1n) is 10.9. The van der Waals surface area contributed by atoms with Gasteiger partial charge in [-0.2, -0.15) is 0 Å². The van der Waals surface area contributed by atoms with E-state index in [0.717, 1.165) is 6.42 Å². The van der Waals surface area contributed by atoms with Gasteiger partial charge < -0.3 is 15.4 Å². The van der Waals surface area contributed by atoms with Crippen LogP contribution < -0.4 is 20.7 Å². The van der Waals surface area contributed by atoms with Crippen molar-refractivity contribution in [3.8, 4) is 5.75 Å². The van der Waals surface area contributed by atoms with Gasteiger partial charge in [-0.3, -0.25) is 14.9 Å². The summed E-state index contributed by atoms with van der Waals surface area (Å²) >= 11 is 11.0. The first-order chi connectivity index (χ1) is 16.7. The summed E-state index contributed by atoms with van der Waals surface area (Å²) in [6.07, 6.45) is 0.950. The molecule has 3 rings (SSSR count). The molecule has 0 aliphatic carbocycles. The molecule has 0 unspecified atom stereocenters. The van der Waals surface area contributed by atoms with E-state index < -0.39 is 11.7 Å². The Morgan fingerprint density at radius 3 is 2.34 bits per heavy atom. The third-order valence-electron chi connectivity index (χ3n) is 4.87. The fourth-order valence-electron chi connectivity index (χ4n) is 2.97. The van der Waals surface area contributed by atoms with Gasteiger partial charge in [0.15, 0.2) is 5.11 Å². The van der Waals surface area contributed by atoms with E-state index in [9.17, 15) is 14.0 Å². The minimum Gasteiger partial charge on any atom is -0.494 e. The number of halogens is 2. The van der Waals surface area contributed by atoms with E-state index in [-0.39, 0.29) is 16.0 Å². The minimum absolute atomic E-state index is 0.0788. The van der Waals surface area contributed by atoms with E-state index in [1.54, 1.807) is 48.5 Å². The molecule has 2 amide bonds. The van der Waals surface area contributed by atoms with Gasteiger partial charge in [-0.1, -0.05) is 31.5 Å². The second-order valence-corrected chi connectivity index (χ2v) is 8.94. The van der Waals surface area contributed by atoms with Crippen molar-refractivity contribution >= 4 is 52.1 Å². The van der Waals surface area contributed by atoms with Gasteiger partial charge in [0.2, 0.25) is 0 Å². The molecule has 3 aromatic carbocycles. The van der Waals surface area contributed by atoms with Gasteiger partial charge in [-0.15, -0.1) is 0 Å². The first-order valence-corrected chi connectivity index (χ1v) is 11.7. The number of amides is 2. The summed E-state index contributed by atoms with van der Waals surface area (Å²) in [4.78, 5) is 25.1. The Morgan fingerprint density at radius 2 is 1.66 bits per heavy atom. The summed E-state index contributed by atoms with van der Waals surface area (Å²) in [5, 5.41) is 8.15. The summed E-state index contributed by atoms with van der Waals surface area (Å²) in [6.45, 7) is 4.87. The van der Waals surface area contributed by atoms with Gasteiger partial charge in [0.25, 0.3) is 11.8 Å². The summed E-state index contributed by atoms with van der Waals surface area (Å²) < 4.78 is 19.0. The van der Waals surface area contributed by atoms with Gasteiger partial charge in [-0.05, 0) is 85.2 Å². The van der Waals surface area contributed by atoms with Crippen LogP contribution in [0.15, 0.2) is 66.7 Å². The molecule has 0 radical (unpaired) electrons. The van der Waals surface area contributed by atoms with E-state index in [1.165, 1.54) is 18.2 Å². The van der Waals surface area contributed by atoms with Crippen LogP contribution >= 0.6 is 23.8 Å². The third kappa shape index (κ3) is 8.05. The van der Waals surface area contributed by atoms with Crippen molar-refractivity contribution in [3.05, 3.63) is 88.7 Å². The number of nitrogens with one attached hydrogen (secondary N) is 3. The summed E-state index contributed by atoms with van der Waals surface area (Å²) in [7, 11) is 0. The monoisotopic (exact) mass is 513 g/mol. The molecule has 0 atom stereocenters. The number of hydrogen-bond donors (Lipinski definition) is 3. The highest BCUT2D eigenvalue weighted by atomic mass is 35.5. The molecule has 0 aliphatic rings. The molecule has 35 heavy (non-hydrogen) atoms. The molecular weight excluding hydrogens is 489 g/mol. The lowest BCUT2D eigenvalue weighted by Crippen LogP contribution is -2.34. The number of benzene rings is 3. The van der Waals surface area contributed by atoms with Crippen LogP contribution in [-0.2, 0) is 0 Å². The molecule has 9 heteroatoms. The topological polar surface area (TPSA) is 79.5 Å². The third-order valence-corrected chi connectivity index (χ3v) is 5.36. The Bertz CT molecular complexity index is 1220. The second-order valence-electron chi connectivity index (χ2n) is 8.13. The second kappa shape index (κ2) is 12.3. The Morgan fingerprint density at radius 1 is 0.943 bits per heavy atom. The van der Waals surface area contributed by atoms with E-state index >= 15 is 0 Å². The zero-order chi connectivity index (χ0) is 25.4. The van der Waals surface area contributed by atoms with Crippen molar-refractivity contribution in [1.82, 2.24) is 5.32 Å². The zero-order valence-electron chi connectivity index (χ0n) is 19.2. The predicted octanol–water partition coefficient (Wildman–Crippen LogP) is 6.28. The molecule has 0 saturated carbocycles. The molecule has 0 heterocycles. The lowest BCUT2D eigenvalue weighted by molar-refractivity contribution is 0.0976. The maximum Gasteiger partial charge on any atom is 0.257 e. The number of thiocarbonyl (C=S) groups is 1. The molecule has 3 aromatic rings. The molecule has 0 spiro atoms. The van der Waals surface area contributed by atoms with Crippen LogP contribution in [0.25, 0.3) is 0 Å². The molecule has 0 fully saturated rings. The Labute approximate surface area is 213 Å². The van der Waals surface area contributed by atoms with E-state index in [1.807, 2.05) is 0 Å². The van der Waals surface area contributed by atoms with Crippen LogP contribution in [0.5, 0.6) is 5.75 Å². The molecule has 0 bridgehead atoms. The van der Waals surface area contributed by atoms with Crippen LogP contribution in [-0.4, -0.2) is 23.5 Å². The molecule has 0 aromatic heterocycles. The fourth-order valence-corrected chi connectivity index (χ4v) is 3.36. The van der Waals surface area contributed by atoms with Crippen LogP contribution in [0, 0.1) is 11.7 Å². The van der Waals surface area contributed by atoms with E-state index in [2.05, 4.69) is 29.8 Å². The minimum atomic E-state index is -0.572. The van der Waals surface area contributed by atoms with Gasteiger partial charge in [-0.25, -0.2) is 4.39 Å². The normalized spacial score (nSPS) is 10.5. The maximum atomic E-state index is 13.3. The van der Waals surface area contributed by atoms with Gasteiger partial charge in [0.05, 0.1) is 11.6 Å².